The van der Waals surface area contributed by atoms with Crippen LogP contribution >= 0.6 is 0 Å². The van der Waals surface area contributed by atoms with Gasteiger partial charge in [-0.05, 0) is 32.0 Å². The van der Waals surface area contributed by atoms with Crippen LogP contribution in [-0.4, -0.2) is 29.6 Å². The number of carbonyl (C=O) groups is 1. The molecule has 19 heavy (non-hydrogen) atoms. The van der Waals surface area contributed by atoms with Crippen molar-refractivity contribution in [2.75, 3.05) is 18.5 Å². The smallest absolute Gasteiger partial charge is 0.151 e. The van der Waals surface area contributed by atoms with Crippen LogP contribution < -0.4 is 4.90 Å². The van der Waals surface area contributed by atoms with E-state index in [1.807, 2.05) is 44.3 Å². The first-order valence-corrected chi connectivity index (χ1v) is 6.17. The topological polar surface area (TPSA) is 46.1 Å². The highest BCUT2D eigenvalue weighted by Gasteiger charge is 2.06. The number of likely N-dealkylation sites (N-methyl/N-ethyl adjacent to an activating group) is 1. The molecule has 2 aromatic rings. The molecule has 0 amide bonds. The molecule has 0 spiro atoms. The van der Waals surface area contributed by atoms with Gasteiger partial charge in [-0.25, -0.2) is 0 Å². The van der Waals surface area contributed by atoms with E-state index in [2.05, 4.69) is 16.3 Å². The molecule has 0 atom stereocenters. The molecule has 0 N–H and O–H groups in total. The summed E-state index contributed by atoms with van der Waals surface area (Å²) in [6.07, 6.45) is 0. The molecule has 0 saturated heterocycles. The SMILES string of the molecule is CC(=O)CN(C)c1ccc(-c2cccc(C)c2)nn1. The highest BCUT2D eigenvalue weighted by Crippen LogP contribution is 2.19. The summed E-state index contributed by atoms with van der Waals surface area (Å²) in [5.41, 5.74) is 3.08. The van der Waals surface area contributed by atoms with E-state index in [9.17, 15) is 4.79 Å². The Morgan fingerprint density at radius 2 is 2.00 bits per heavy atom. The van der Waals surface area contributed by atoms with Crippen LogP contribution in [0.3, 0.4) is 0 Å². The molecule has 0 saturated carbocycles. The van der Waals surface area contributed by atoms with E-state index in [0.29, 0.717) is 12.4 Å². The van der Waals surface area contributed by atoms with Crippen molar-refractivity contribution in [3.63, 3.8) is 0 Å². The molecule has 0 aliphatic carbocycles. The Morgan fingerprint density at radius 3 is 2.58 bits per heavy atom. The maximum atomic E-state index is 11.1. The third kappa shape index (κ3) is 3.37. The summed E-state index contributed by atoms with van der Waals surface area (Å²) in [5.74, 6) is 0.804. The molecule has 0 bridgehead atoms. The van der Waals surface area contributed by atoms with Crippen LogP contribution in [0.25, 0.3) is 11.3 Å². The monoisotopic (exact) mass is 255 g/mol. The van der Waals surface area contributed by atoms with Gasteiger partial charge in [-0.1, -0.05) is 23.8 Å². The molecule has 0 aliphatic rings. The molecule has 2 rings (SSSR count). The molecular formula is C15H17N3O. The van der Waals surface area contributed by atoms with E-state index in [1.54, 1.807) is 11.8 Å². The predicted octanol–water partition coefficient (Wildman–Crippen LogP) is 2.48. The number of carbonyl (C=O) groups excluding carboxylic acids is 1. The van der Waals surface area contributed by atoms with E-state index in [1.165, 1.54) is 5.56 Å². The Bertz CT molecular complexity index is 578. The van der Waals surface area contributed by atoms with Gasteiger partial charge in [0.1, 0.15) is 5.78 Å². The van der Waals surface area contributed by atoms with Crippen LogP contribution in [0.4, 0.5) is 5.82 Å². The van der Waals surface area contributed by atoms with Gasteiger partial charge in [0.25, 0.3) is 0 Å². The van der Waals surface area contributed by atoms with Crippen LogP contribution in [-0.2, 0) is 4.79 Å². The zero-order chi connectivity index (χ0) is 13.8. The summed E-state index contributed by atoms with van der Waals surface area (Å²) >= 11 is 0. The van der Waals surface area contributed by atoms with Crippen molar-refractivity contribution in [3.8, 4) is 11.3 Å². The molecule has 0 unspecified atom stereocenters. The Labute approximate surface area is 113 Å². The second kappa shape index (κ2) is 5.61. The first-order valence-electron chi connectivity index (χ1n) is 6.17. The molecule has 1 heterocycles. The van der Waals surface area contributed by atoms with Gasteiger partial charge < -0.3 is 4.90 Å². The first-order chi connectivity index (χ1) is 9.06. The Hall–Kier alpha value is -2.23. The van der Waals surface area contributed by atoms with Gasteiger partial charge in [0, 0.05) is 12.6 Å². The summed E-state index contributed by atoms with van der Waals surface area (Å²) < 4.78 is 0. The number of ketones is 1. The number of hydrogen-bond donors (Lipinski definition) is 0. The van der Waals surface area contributed by atoms with Crippen molar-refractivity contribution >= 4 is 11.6 Å². The lowest BCUT2D eigenvalue weighted by atomic mass is 10.1. The van der Waals surface area contributed by atoms with Gasteiger partial charge in [-0.3, -0.25) is 4.79 Å². The van der Waals surface area contributed by atoms with Crippen molar-refractivity contribution in [2.45, 2.75) is 13.8 Å². The molecule has 4 heteroatoms. The number of Topliss-reactive ketones (excluding diaryl/α,β-unsaturated/α-hetero) is 1. The summed E-state index contributed by atoms with van der Waals surface area (Å²) in [6.45, 7) is 3.95. The Balaban J connectivity index is 2.21. The number of anilines is 1. The third-order valence-corrected chi connectivity index (χ3v) is 2.82. The lowest BCUT2D eigenvalue weighted by molar-refractivity contribution is -0.115. The summed E-state index contributed by atoms with van der Waals surface area (Å²) in [7, 11) is 1.83. The molecule has 4 nitrogen and oxygen atoms in total. The molecule has 98 valence electrons. The average Bonchev–Trinajstić information content (AvgIpc) is 2.38. The van der Waals surface area contributed by atoms with Gasteiger partial charge in [-0.15, -0.1) is 10.2 Å². The lowest BCUT2D eigenvalue weighted by Gasteiger charge is -2.15. The van der Waals surface area contributed by atoms with Gasteiger partial charge >= 0.3 is 0 Å². The van der Waals surface area contributed by atoms with Gasteiger partial charge in [0.15, 0.2) is 5.82 Å². The van der Waals surface area contributed by atoms with Crippen molar-refractivity contribution in [2.24, 2.45) is 0 Å². The van der Waals surface area contributed by atoms with E-state index in [4.69, 9.17) is 0 Å². The molecule has 0 radical (unpaired) electrons. The van der Waals surface area contributed by atoms with Crippen molar-refractivity contribution in [1.29, 1.82) is 0 Å². The van der Waals surface area contributed by atoms with Crippen molar-refractivity contribution in [1.82, 2.24) is 10.2 Å². The lowest BCUT2D eigenvalue weighted by Crippen LogP contribution is -2.24. The third-order valence-electron chi connectivity index (χ3n) is 2.82. The summed E-state index contributed by atoms with van der Waals surface area (Å²) in [5, 5.41) is 8.38. The fourth-order valence-electron chi connectivity index (χ4n) is 1.90. The minimum Gasteiger partial charge on any atom is -0.351 e. The maximum Gasteiger partial charge on any atom is 0.151 e. The normalized spacial score (nSPS) is 10.3. The van der Waals surface area contributed by atoms with Crippen LogP contribution in [0.5, 0.6) is 0 Å². The first kappa shape index (κ1) is 13.2. The molecule has 1 aromatic carbocycles. The second-order valence-electron chi connectivity index (χ2n) is 4.70. The van der Waals surface area contributed by atoms with E-state index >= 15 is 0 Å². The predicted molar refractivity (Wildman–Crippen MR) is 76.2 cm³/mol. The molecule has 1 aromatic heterocycles. The van der Waals surface area contributed by atoms with Gasteiger partial charge in [-0.2, -0.15) is 0 Å². The number of aryl methyl sites for hydroxylation is 1. The fraction of sp³-hybridized carbons (Fsp3) is 0.267. The molecule has 0 fully saturated rings. The maximum absolute atomic E-state index is 11.1. The minimum absolute atomic E-state index is 0.104. The second-order valence-corrected chi connectivity index (χ2v) is 4.70. The number of rotatable bonds is 4. The van der Waals surface area contributed by atoms with E-state index in [0.717, 1.165) is 11.3 Å². The van der Waals surface area contributed by atoms with Gasteiger partial charge in [0.2, 0.25) is 0 Å². The van der Waals surface area contributed by atoms with E-state index < -0.39 is 0 Å². The fourth-order valence-corrected chi connectivity index (χ4v) is 1.90. The number of hydrogen-bond acceptors (Lipinski definition) is 4. The summed E-state index contributed by atoms with van der Waals surface area (Å²) in [4.78, 5) is 12.9. The highest BCUT2D eigenvalue weighted by atomic mass is 16.1. The number of benzene rings is 1. The Morgan fingerprint density at radius 1 is 1.21 bits per heavy atom. The molecular weight excluding hydrogens is 238 g/mol. The Kier molecular flexibility index (Phi) is 3.90. The van der Waals surface area contributed by atoms with Crippen molar-refractivity contribution in [3.05, 3.63) is 42.0 Å². The number of nitrogens with zero attached hydrogens (tertiary/aromatic N) is 3. The zero-order valence-electron chi connectivity index (χ0n) is 11.4. The zero-order valence-corrected chi connectivity index (χ0v) is 11.4. The van der Waals surface area contributed by atoms with Gasteiger partial charge in [0.05, 0.1) is 12.2 Å². The van der Waals surface area contributed by atoms with Crippen LogP contribution in [0.1, 0.15) is 12.5 Å². The molecule has 0 aliphatic heterocycles. The summed E-state index contributed by atoms with van der Waals surface area (Å²) in [6, 6.07) is 11.9. The van der Waals surface area contributed by atoms with Crippen LogP contribution in [0, 0.1) is 6.92 Å². The van der Waals surface area contributed by atoms with E-state index in [-0.39, 0.29) is 5.78 Å². The minimum atomic E-state index is 0.104. The van der Waals surface area contributed by atoms with Crippen molar-refractivity contribution < 1.29 is 4.79 Å². The van der Waals surface area contributed by atoms with Crippen LogP contribution in [0.15, 0.2) is 36.4 Å². The quantitative estimate of drug-likeness (QED) is 0.842. The number of aromatic nitrogens is 2. The average molecular weight is 255 g/mol. The highest BCUT2D eigenvalue weighted by molar-refractivity contribution is 5.80. The largest absolute Gasteiger partial charge is 0.351 e. The standard InChI is InChI=1S/C15H17N3O/c1-11-5-4-6-13(9-11)14-7-8-15(17-16-14)18(3)10-12(2)19/h4-9H,10H2,1-3H3. The van der Waals surface area contributed by atoms with Crippen LogP contribution in [0.2, 0.25) is 0 Å².